The summed E-state index contributed by atoms with van der Waals surface area (Å²) in [6.07, 6.45) is 3.78. The zero-order valence-corrected chi connectivity index (χ0v) is 15.7. The molecular weight excluding hydrogens is 378 g/mol. The van der Waals surface area contributed by atoms with Crippen molar-refractivity contribution in [1.29, 1.82) is 0 Å². The fourth-order valence-electron chi connectivity index (χ4n) is 3.77. The van der Waals surface area contributed by atoms with Gasteiger partial charge >= 0.3 is 11.9 Å². The van der Waals surface area contributed by atoms with Crippen LogP contribution >= 0.6 is 0 Å². The quantitative estimate of drug-likeness (QED) is 0.738. The van der Waals surface area contributed by atoms with E-state index in [4.69, 9.17) is 0 Å². The van der Waals surface area contributed by atoms with Crippen molar-refractivity contribution < 1.29 is 28.6 Å². The molecule has 29 heavy (non-hydrogen) atoms. The molecule has 0 fully saturated rings. The van der Waals surface area contributed by atoms with Gasteiger partial charge in [0.25, 0.3) is 0 Å². The lowest BCUT2D eigenvalue weighted by atomic mass is 9.65. The lowest BCUT2D eigenvalue weighted by Crippen LogP contribution is -2.38. The number of aliphatic carboxylic acids is 2. The molecule has 0 spiro atoms. The molecule has 0 radical (unpaired) electrons. The summed E-state index contributed by atoms with van der Waals surface area (Å²) in [5, 5.41) is 19.7. The number of carbonyl (C=O) groups is 2. The van der Waals surface area contributed by atoms with Crippen molar-refractivity contribution >= 4 is 11.9 Å². The van der Waals surface area contributed by atoms with Crippen LogP contribution in [-0.4, -0.2) is 22.2 Å². The minimum absolute atomic E-state index is 0.0277. The molecule has 0 aromatic heterocycles. The summed E-state index contributed by atoms with van der Waals surface area (Å²) in [4.78, 5) is 24.1. The summed E-state index contributed by atoms with van der Waals surface area (Å²) in [7, 11) is 0. The number of carboxylic acids is 2. The number of carboxylic acid groups (broad SMARTS) is 2. The molecule has 0 bridgehead atoms. The van der Waals surface area contributed by atoms with E-state index in [1.165, 1.54) is 49.4 Å². The summed E-state index contributed by atoms with van der Waals surface area (Å²) in [6, 6.07) is 11.5. The summed E-state index contributed by atoms with van der Waals surface area (Å²) in [5.74, 6) is -4.71. The Kier molecular flexibility index (Phi) is 5.64. The Morgan fingerprint density at radius 2 is 1.66 bits per heavy atom. The zero-order valence-electron chi connectivity index (χ0n) is 15.7. The number of aryl methyl sites for hydroxylation is 1. The van der Waals surface area contributed by atoms with Crippen LogP contribution in [0.1, 0.15) is 30.4 Å². The van der Waals surface area contributed by atoms with Crippen LogP contribution in [-0.2, 0) is 16.0 Å². The molecule has 0 aliphatic heterocycles. The first-order chi connectivity index (χ1) is 13.7. The summed E-state index contributed by atoms with van der Waals surface area (Å²) in [6.45, 7) is 1.40. The molecular formula is C23H20F2O4. The van der Waals surface area contributed by atoms with Gasteiger partial charge in [-0.2, -0.15) is 0 Å². The highest BCUT2D eigenvalue weighted by Gasteiger charge is 2.47. The van der Waals surface area contributed by atoms with E-state index in [0.29, 0.717) is 18.4 Å². The van der Waals surface area contributed by atoms with Crippen molar-refractivity contribution in [1.82, 2.24) is 0 Å². The number of rotatable bonds is 6. The van der Waals surface area contributed by atoms with Crippen molar-refractivity contribution in [3.8, 4) is 0 Å². The number of benzene rings is 2. The van der Waals surface area contributed by atoms with Gasteiger partial charge in [-0.05, 0) is 60.7 Å². The van der Waals surface area contributed by atoms with Gasteiger partial charge in [0.1, 0.15) is 11.6 Å². The third-order valence-electron chi connectivity index (χ3n) is 5.28. The molecule has 2 aromatic rings. The third kappa shape index (κ3) is 4.11. The Hall–Kier alpha value is -3.28. The normalized spacial score (nSPS) is 21.3. The smallest absolute Gasteiger partial charge is 0.332 e. The Morgan fingerprint density at radius 1 is 1.00 bits per heavy atom. The van der Waals surface area contributed by atoms with Crippen molar-refractivity contribution in [2.75, 3.05) is 0 Å². The predicted molar refractivity (Wildman–Crippen MR) is 103 cm³/mol. The maximum Gasteiger partial charge on any atom is 0.332 e. The lowest BCUT2D eigenvalue weighted by Gasteiger charge is -2.36. The van der Waals surface area contributed by atoms with E-state index in [0.717, 1.165) is 5.56 Å². The highest BCUT2D eigenvalue weighted by Crippen LogP contribution is 2.48. The maximum absolute atomic E-state index is 14.5. The molecule has 1 aliphatic carbocycles. The van der Waals surface area contributed by atoms with Gasteiger partial charge < -0.3 is 10.2 Å². The number of hydrogen-bond donors (Lipinski definition) is 2. The van der Waals surface area contributed by atoms with Gasteiger partial charge in [-0.15, -0.1) is 0 Å². The molecule has 0 amide bonds. The molecule has 0 saturated heterocycles. The first-order valence-electron chi connectivity index (χ1n) is 9.11. The standard InChI is InChI=1S/C23H20F2O4/c1-23(22(28)29)13-15(7-6-14-8-10-16(24)11-9-14)12-18(21(26)27)20(23)17-4-2-3-5-19(17)25/h2-5,8-13,20H,6-7H2,1H3,(H,26,27)(H,28,29). The second-order valence-electron chi connectivity index (χ2n) is 7.29. The predicted octanol–water partition coefficient (Wildman–Crippen LogP) is 4.72. The lowest BCUT2D eigenvalue weighted by molar-refractivity contribution is -0.146. The Labute approximate surface area is 166 Å². The van der Waals surface area contributed by atoms with Crippen LogP contribution in [0.15, 0.2) is 71.8 Å². The second kappa shape index (κ2) is 7.99. The molecule has 4 nitrogen and oxygen atoms in total. The van der Waals surface area contributed by atoms with Crippen LogP contribution in [0, 0.1) is 17.0 Å². The van der Waals surface area contributed by atoms with Crippen molar-refractivity contribution in [3.63, 3.8) is 0 Å². The average molecular weight is 398 g/mol. The van der Waals surface area contributed by atoms with E-state index in [1.807, 2.05) is 0 Å². The van der Waals surface area contributed by atoms with E-state index in [2.05, 4.69) is 0 Å². The fourth-order valence-corrected chi connectivity index (χ4v) is 3.77. The van der Waals surface area contributed by atoms with Gasteiger partial charge in [0.05, 0.1) is 5.41 Å². The fraction of sp³-hybridized carbons (Fsp3) is 0.217. The van der Waals surface area contributed by atoms with Crippen molar-refractivity contribution in [2.24, 2.45) is 5.41 Å². The van der Waals surface area contributed by atoms with E-state index in [-0.39, 0.29) is 17.0 Å². The van der Waals surface area contributed by atoms with Crippen LogP contribution in [0.5, 0.6) is 0 Å². The SMILES string of the molecule is CC1(C(=O)O)C=C(CCc2ccc(F)cc2)C=C(C(=O)O)C1c1ccccc1F. The minimum atomic E-state index is -1.64. The molecule has 150 valence electrons. The van der Waals surface area contributed by atoms with Crippen LogP contribution in [0.3, 0.4) is 0 Å². The van der Waals surface area contributed by atoms with Gasteiger partial charge in [-0.3, -0.25) is 4.79 Å². The Bertz CT molecular complexity index is 1010. The molecule has 2 aromatic carbocycles. The molecule has 2 atom stereocenters. The first-order valence-corrected chi connectivity index (χ1v) is 9.11. The highest BCUT2D eigenvalue weighted by atomic mass is 19.1. The molecule has 0 heterocycles. The van der Waals surface area contributed by atoms with Crippen LogP contribution in [0.4, 0.5) is 8.78 Å². The van der Waals surface area contributed by atoms with Gasteiger partial charge in [-0.25, -0.2) is 13.6 Å². The zero-order chi connectivity index (χ0) is 21.2. The minimum Gasteiger partial charge on any atom is -0.481 e. The Balaban J connectivity index is 2.01. The summed E-state index contributed by atoms with van der Waals surface area (Å²) >= 11 is 0. The van der Waals surface area contributed by atoms with E-state index < -0.39 is 29.1 Å². The number of hydrogen-bond acceptors (Lipinski definition) is 2. The van der Waals surface area contributed by atoms with E-state index in [9.17, 15) is 28.6 Å². The monoisotopic (exact) mass is 398 g/mol. The van der Waals surface area contributed by atoms with Crippen molar-refractivity contribution in [3.05, 3.63) is 94.6 Å². The first kappa shape index (κ1) is 20.5. The van der Waals surface area contributed by atoms with Crippen LogP contribution < -0.4 is 0 Å². The van der Waals surface area contributed by atoms with Gasteiger partial charge in [0.2, 0.25) is 0 Å². The second-order valence-corrected chi connectivity index (χ2v) is 7.29. The molecule has 3 rings (SSSR count). The molecule has 6 heteroatoms. The van der Waals surface area contributed by atoms with Crippen molar-refractivity contribution in [2.45, 2.75) is 25.7 Å². The van der Waals surface area contributed by atoms with Crippen LogP contribution in [0.25, 0.3) is 0 Å². The molecule has 1 aliphatic rings. The van der Waals surface area contributed by atoms with Gasteiger partial charge in [0, 0.05) is 11.5 Å². The number of halogens is 2. The van der Waals surface area contributed by atoms with Gasteiger partial charge in [0.15, 0.2) is 0 Å². The average Bonchev–Trinajstić information content (AvgIpc) is 2.68. The molecule has 2 N–H and O–H groups in total. The largest absolute Gasteiger partial charge is 0.481 e. The Morgan fingerprint density at radius 3 is 2.24 bits per heavy atom. The molecule has 0 saturated carbocycles. The summed E-state index contributed by atoms with van der Waals surface area (Å²) in [5.41, 5.74) is -0.408. The third-order valence-corrected chi connectivity index (χ3v) is 5.28. The highest BCUT2D eigenvalue weighted by molar-refractivity contribution is 5.93. The topological polar surface area (TPSA) is 74.6 Å². The van der Waals surface area contributed by atoms with Crippen LogP contribution in [0.2, 0.25) is 0 Å². The van der Waals surface area contributed by atoms with Gasteiger partial charge in [-0.1, -0.05) is 36.4 Å². The summed E-state index contributed by atoms with van der Waals surface area (Å²) < 4.78 is 27.5. The van der Waals surface area contributed by atoms with E-state index in [1.54, 1.807) is 18.2 Å². The van der Waals surface area contributed by atoms with E-state index >= 15 is 0 Å². The maximum atomic E-state index is 14.5. The number of allylic oxidation sites excluding steroid dienone is 2. The molecule has 2 unspecified atom stereocenters.